The molecule has 0 unspecified atom stereocenters. The Morgan fingerprint density at radius 2 is 1.00 bits per heavy atom. The molecule has 496 valence electrons. The molecule has 0 aliphatic rings. The molecule has 19 N–H and O–H groups in total. The normalized spacial score (nSPS) is 14.4. The SMILES string of the molecule is CC[C@H](C)[C@H](NC(=O)[C@H](Cc1ccccc1)NC(=O)[C@@H](N)CC(=O)O)C(=O)N[C@@H](CCCN=C(N)N)C(=O)N[C@@H](Cc1ccc(O)cc1)C(=O)N[C@@H](Cc1cnc[nH]1)C(=O)N[C@@H](Cc1ccccc1)C(=O)N[C@@H](Cc1c[nH]c2ccccc12)C(=O)N[C@H](C(=O)O)C(C)C. The van der Waals surface area contributed by atoms with Crippen LogP contribution in [0.1, 0.15) is 81.3 Å². The molecule has 10 atom stereocenters. The fourth-order valence-electron chi connectivity index (χ4n) is 10.2. The number of carbonyl (C=O) groups is 10. The standard InChI is InChI=1S/C65H83N15O13/c1-5-37(4)55(80-61(89)50(28-39-17-10-7-11-18-39)74-56(84)45(66)32-53(82)83)63(91)73-47(21-14-26-70-65(67)68)57(85)75-49(29-40-22-24-43(81)25-23-40)59(87)78-52(31-42-34-69-35-72-42)60(88)76-48(27-38-15-8-6-9-16-38)58(86)77-51(62(90)79-54(36(2)3)64(92)93)30-41-33-71-46-20-13-12-19-44(41)46/h6-13,15-20,22-25,33-37,45,47-52,54-55,71,81H,5,14,21,26-32,66H2,1-4H3,(H,69,72)(H,73,91)(H,74,84)(H,75,85)(H,76,88)(H,77,86)(H,78,87)(H,79,90)(H,80,89)(H,82,83)(H,92,93)(H4,67,68,70)/t37-,45-,47-,48-,49-,50-,51-,52-,54-,55-/m0/s1. The highest BCUT2D eigenvalue weighted by molar-refractivity contribution is 5.99. The van der Waals surface area contributed by atoms with Crippen molar-refractivity contribution >= 4 is 76.1 Å². The molecule has 4 aromatic carbocycles. The fourth-order valence-corrected chi connectivity index (χ4v) is 10.2. The summed E-state index contributed by atoms with van der Waals surface area (Å²) in [5, 5.41) is 51.9. The zero-order valence-corrected chi connectivity index (χ0v) is 52.1. The van der Waals surface area contributed by atoms with E-state index in [-0.39, 0.29) is 63.2 Å². The molecule has 0 saturated carbocycles. The molecule has 6 aromatic rings. The molecule has 0 fully saturated rings. The number of carboxylic acid groups (broad SMARTS) is 2. The van der Waals surface area contributed by atoms with E-state index in [1.54, 1.807) is 101 Å². The van der Waals surface area contributed by atoms with Crippen LogP contribution < -0.4 is 59.7 Å². The molecule has 2 heterocycles. The first-order valence-electron chi connectivity index (χ1n) is 30.5. The summed E-state index contributed by atoms with van der Waals surface area (Å²) < 4.78 is 0. The van der Waals surface area contributed by atoms with E-state index in [2.05, 4.69) is 62.5 Å². The Balaban J connectivity index is 1.31. The molecule has 0 aliphatic carbocycles. The number of hydrogen-bond acceptors (Lipinski definition) is 14. The molecule has 0 bridgehead atoms. The van der Waals surface area contributed by atoms with Gasteiger partial charge in [-0.3, -0.25) is 48.1 Å². The maximum atomic E-state index is 15.1. The van der Waals surface area contributed by atoms with Gasteiger partial charge < -0.3 is 85.0 Å². The number of aliphatic carboxylic acids is 2. The van der Waals surface area contributed by atoms with Crippen molar-refractivity contribution < 1.29 is 63.3 Å². The lowest BCUT2D eigenvalue weighted by atomic mass is 9.96. The molecule has 6 rings (SSSR count). The topological polar surface area (TPSA) is 463 Å². The van der Waals surface area contributed by atoms with Crippen LogP contribution in [0, 0.1) is 11.8 Å². The number of carboxylic acids is 2. The summed E-state index contributed by atoms with van der Waals surface area (Å²) in [7, 11) is 0. The number of rotatable bonds is 36. The molecule has 0 aliphatic heterocycles. The highest BCUT2D eigenvalue weighted by Crippen LogP contribution is 2.21. The molecular formula is C65H83N15O13. The Morgan fingerprint density at radius 3 is 1.49 bits per heavy atom. The highest BCUT2D eigenvalue weighted by atomic mass is 16.4. The third-order valence-corrected chi connectivity index (χ3v) is 15.5. The molecule has 2 aromatic heterocycles. The van der Waals surface area contributed by atoms with Crippen molar-refractivity contribution in [3.05, 3.63) is 156 Å². The van der Waals surface area contributed by atoms with Crippen LogP contribution in [0.25, 0.3) is 10.9 Å². The Kier molecular flexibility index (Phi) is 27.0. The lowest BCUT2D eigenvalue weighted by Crippen LogP contribution is -2.62. The number of fused-ring (bicyclic) bond motifs is 1. The summed E-state index contributed by atoms with van der Waals surface area (Å²) in [5.74, 6) is -11.2. The number of phenolic OH excluding ortho intramolecular Hbond substituents is 1. The number of aromatic nitrogens is 3. The van der Waals surface area contributed by atoms with E-state index in [9.17, 15) is 53.7 Å². The third kappa shape index (κ3) is 22.4. The second kappa shape index (κ2) is 35.1. The Hall–Kier alpha value is -10.6. The number of hydrogen-bond donors (Lipinski definition) is 16. The van der Waals surface area contributed by atoms with Crippen molar-refractivity contribution in [3.63, 3.8) is 0 Å². The lowest BCUT2D eigenvalue weighted by Gasteiger charge is -2.30. The van der Waals surface area contributed by atoms with E-state index >= 15 is 9.59 Å². The number of para-hydroxylation sites is 1. The largest absolute Gasteiger partial charge is 0.508 e. The van der Waals surface area contributed by atoms with Gasteiger partial charge in [-0.15, -0.1) is 0 Å². The number of benzene rings is 4. The van der Waals surface area contributed by atoms with Gasteiger partial charge in [-0.25, -0.2) is 9.78 Å². The lowest BCUT2D eigenvalue weighted by molar-refractivity contribution is -0.143. The summed E-state index contributed by atoms with van der Waals surface area (Å²) >= 11 is 0. The first-order chi connectivity index (χ1) is 44.4. The summed E-state index contributed by atoms with van der Waals surface area (Å²) in [5.41, 5.74) is 20.4. The van der Waals surface area contributed by atoms with Crippen molar-refractivity contribution in [1.29, 1.82) is 0 Å². The molecule has 8 amide bonds. The van der Waals surface area contributed by atoms with E-state index < -0.39 is 132 Å². The molecular weight excluding hydrogens is 1200 g/mol. The van der Waals surface area contributed by atoms with E-state index in [4.69, 9.17) is 17.2 Å². The average Bonchev–Trinajstić information content (AvgIpc) is 1.85. The number of phenols is 1. The minimum absolute atomic E-state index is 0.00916. The number of aliphatic imine (C=N–C) groups is 1. The maximum Gasteiger partial charge on any atom is 0.326 e. The van der Waals surface area contributed by atoms with E-state index in [1.807, 2.05) is 18.2 Å². The molecule has 0 spiro atoms. The van der Waals surface area contributed by atoms with Gasteiger partial charge in [-0.2, -0.15) is 0 Å². The van der Waals surface area contributed by atoms with Gasteiger partial charge in [-0.1, -0.05) is 125 Å². The van der Waals surface area contributed by atoms with Crippen molar-refractivity contribution in [2.45, 2.75) is 140 Å². The quantitative estimate of drug-likeness (QED) is 0.0146. The molecule has 28 nitrogen and oxygen atoms in total. The zero-order chi connectivity index (χ0) is 67.7. The highest BCUT2D eigenvalue weighted by Gasteiger charge is 2.37. The first-order valence-corrected chi connectivity index (χ1v) is 30.5. The number of amides is 8. The Labute approximate surface area is 536 Å². The number of H-pyrrole nitrogens is 2. The maximum absolute atomic E-state index is 15.1. The van der Waals surface area contributed by atoms with Crippen molar-refractivity contribution in [1.82, 2.24) is 57.5 Å². The van der Waals surface area contributed by atoms with Gasteiger partial charge in [0, 0.05) is 67.6 Å². The minimum atomic E-state index is -1.55. The van der Waals surface area contributed by atoms with Gasteiger partial charge in [0.15, 0.2) is 5.96 Å². The number of imidazole rings is 1. The summed E-state index contributed by atoms with van der Waals surface area (Å²) in [6, 6.07) is 17.2. The van der Waals surface area contributed by atoms with E-state index in [0.29, 0.717) is 34.4 Å². The van der Waals surface area contributed by atoms with Crippen LogP contribution in [0.3, 0.4) is 0 Å². The third-order valence-electron chi connectivity index (χ3n) is 15.5. The van der Waals surface area contributed by atoms with E-state index in [1.165, 1.54) is 36.8 Å². The first kappa shape index (κ1) is 71.4. The van der Waals surface area contributed by atoms with Crippen molar-refractivity contribution in [2.24, 2.45) is 34.0 Å². The van der Waals surface area contributed by atoms with Gasteiger partial charge >= 0.3 is 11.9 Å². The number of aromatic hydroxyl groups is 1. The zero-order valence-electron chi connectivity index (χ0n) is 52.1. The van der Waals surface area contributed by atoms with Crippen LogP contribution in [0.2, 0.25) is 0 Å². The number of nitrogens with two attached hydrogens (primary N) is 3. The van der Waals surface area contributed by atoms with Crippen LogP contribution >= 0.6 is 0 Å². The van der Waals surface area contributed by atoms with Crippen LogP contribution in [0.5, 0.6) is 5.75 Å². The number of nitrogens with one attached hydrogen (secondary N) is 10. The van der Waals surface area contributed by atoms with Crippen molar-refractivity contribution in [2.75, 3.05) is 6.54 Å². The van der Waals surface area contributed by atoms with Crippen LogP contribution in [0.4, 0.5) is 0 Å². The average molecular weight is 1280 g/mol. The number of carbonyl (C=O) groups excluding carboxylic acids is 8. The van der Waals surface area contributed by atoms with Gasteiger partial charge in [0.05, 0.1) is 18.8 Å². The van der Waals surface area contributed by atoms with Crippen molar-refractivity contribution in [3.8, 4) is 5.75 Å². The molecule has 0 radical (unpaired) electrons. The van der Waals surface area contributed by atoms with Gasteiger partial charge in [0.2, 0.25) is 47.3 Å². The number of nitrogens with zero attached hydrogens (tertiary/aromatic N) is 2. The summed E-state index contributed by atoms with van der Waals surface area (Å²) in [6.07, 6.45) is 3.10. The predicted octanol–water partition coefficient (Wildman–Crippen LogP) is 0.631. The summed E-state index contributed by atoms with van der Waals surface area (Å²) in [4.78, 5) is 154. The Bertz CT molecular complexity index is 3530. The van der Waals surface area contributed by atoms with Gasteiger partial charge in [0.1, 0.15) is 54.1 Å². The smallest absolute Gasteiger partial charge is 0.326 e. The molecule has 93 heavy (non-hydrogen) atoms. The number of guanidine groups is 1. The van der Waals surface area contributed by atoms with Crippen LogP contribution in [-0.2, 0) is 80.0 Å². The second-order valence-electron chi connectivity index (χ2n) is 23.1. The van der Waals surface area contributed by atoms with E-state index in [0.717, 1.165) is 10.9 Å². The van der Waals surface area contributed by atoms with Crippen LogP contribution in [-0.4, -0.2) is 156 Å². The summed E-state index contributed by atoms with van der Waals surface area (Å²) in [6.45, 7) is 6.66. The minimum Gasteiger partial charge on any atom is -0.508 e. The fraction of sp³-hybridized carbons (Fsp3) is 0.385. The van der Waals surface area contributed by atoms with Crippen LogP contribution in [0.15, 0.2) is 133 Å². The monoisotopic (exact) mass is 1280 g/mol. The Morgan fingerprint density at radius 1 is 0.538 bits per heavy atom. The van der Waals surface area contributed by atoms with Gasteiger partial charge in [-0.05, 0) is 65.1 Å². The predicted molar refractivity (Wildman–Crippen MR) is 344 cm³/mol. The molecule has 28 heteroatoms. The number of aromatic amines is 2. The molecule has 0 saturated heterocycles. The van der Waals surface area contributed by atoms with Gasteiger partial charge in [0.25, 0.3) is 0 Å². The second-order valence-corrected chi connectivity index (χ2v) is 23.1.